The monoisotopic (exact) mass is 445 g/mol. The van der Waals surface area contributed by atoms with Crippen molar-refractivity contribution in [2.24, 2.45) is 5.92 Å². The number of aliphatic carboxylic acids is 1. The van der Waals surface area contributed by atoms with Gasteiger partial charge in [-0.05, 0) is 36.6 Å². The van der Waals surface area contributed by atoms with Gasteiger partial charge < -0.3 is 31.1 Å². The summed E-state index contributed by atoms with van der Waals surface area (Å²) in [5.74, 6) is -2.95. The molecule has 0 unspecified atom stereocenters. The number of hydrogen-bond acceptors (Lipinski definition) is 6. The van der Waals surface area contributed by atoms with Crippen molar-refractivity contribution in [2.75, 3.05) is 6.54 Å². The number of carboxylic acid groups (broad SMARTS) is 1. The maximum atomic E-state index is 12.8. The summed E-state index contributed by atoms with van der Waals surface area (Å²) in [7, 11) is 0. The van der Waals surface area contributed by atoms with Crippen LogP contribution in [0.5, 0.6) is 5.75 Å². The Morgan fingerprint density at radius 2 is 1.75 bits per heavy atom. The maximum absolute atomic E-state index is 12.8. The van der Waals surface area contributed by atoms with Crippen molar-refractivity contribution in [1.82, 2.24) is 25.9 Å². The second-order valence-electron chi connectivity index (χ2n) is 7.66. The Labute approximate surface area is 184 Å². The summed E-state index contributed by atoms with van der Waals surface area (Å²) >= 11 is 0. The third-order valence-electron chi connectivity index (χ3n) is 4.49. The fourth-order valence-electron chi connectivity index (χ4n) is 2.91. The third-order valence-corrected chi connectivity index (χ3v) is 4.49. The van der Waals surface area contributed by atoms with Gasteiger partial charge in [-0.25, -0.2) is 9.78 Å². The number of benzene rings is 1. The van der Waals surface area contributed by atoms with Crippen LogP contribution >= 0.6 is 0 Å². The number of nitrogens with one attached hydrogen (secondary N) is 4. The van der Waals surface area contributed by atoms with Crippen molar-refractivity contribution in [3.05, 3.63) is 48.0 Å². The number of rotatable bonds is 11. The Hall–Kier alpha value is -3.89. The molecule has 2 atom stereocenters. The highest BCUT2D eigenvalue weighted by Gasteiger charge is 2.27. The first-order valence-electron chi connectivity index (χ1n) is 10.0. The lowest BCUT2D eigenvalue weighted by Gasteiger charge is -2.22. The van der Waals surface area contributed by atoms with Gasteiger partial charge in [0.2, 0.25) is 11.8 Å². The van der Waals surface area contributed by atoms with Crippen LogP contribution < -0.4 is 16.0 Å². The molecule has 32 heavy (non-hydrogen) atoms. The van der Waals surface area contributed by atoms with Gasteiger partial charge in [0.25, 0.3) is 5.91 Å². The number of aromatic amines is 1. The minimum Gasteiger partial charge on any atom is -0.508 e. The molecule has 0 aliphatic carbocycles. The fourth-order valence-corrected chi connectivity index (χ4v) is 2.91. The number of hydrogen-bond donors (Lipinski definition) is 6. The lowest BCUT2D eigenvalue weighted by atomic mass is 10.0. The van der Waals surface area contributed by atoms with E-state index in [1.54, 1.807) is 0 Å². The first kappa shape index (κ1) is 24.4. The molecule has 2 rings (SSSR count). The van der Waals surface area contributed by atoms with Gasteiger partial charge in [0.1, 0.15) is 17.8 Å². The number of H-pyrrole nitrogens is 1. The largest absolute Gasteiger partial charge is 0.508 e. The maximum Gasteiger partial charge on any atom is 0.326 e. The van der Waals surface area contributed by atoms with E-state index >= 15 is 0 Å². The second kappa shape index (κ2) is 11.5. The number of phenols is 1. The summed E-state index contributed by atoms with van der Waals surface area (Å²) in [6.07, 6.45) is 3.19. The second-order valence-corrected chi connectivity index (χ2v) is 7.66. The molecule has 0 radical (unpaired) electrons. The van der Waals surface area contributed by atoms with Crippen LogP contribution in [0.25, 0.3) is 0 Å². The molecular weight excluding hydrogens is 418 g/mol. The van der Waals surface area contributed by atoms with Crippen LogP contribution in [0.4, 0.5) is 0 Å². The molecule has 2 aromatic rings. The number of amides is 3. The first-order valence-corrected chi connectivity index (χ1v) is 10.0. The zero-order valence-corrected chi connectivity index (χ0v) is 17.8. The van der Waals surface area contributed by atoms with Crippen LogP contribution in [-0.4, -0.2) is 62.5 Å². The number of nitrogens with zero attached hydrogens (tertiary/aromatic N) is 1. The number of carbonyl (C=O) groups is 4. The van der Waals surface area contributed by atoms with Crippen molar-refractivity contribution in [3.8, 4) is 5.75 Å². The lowest BCUT2D eigenvalue weighted by molar-refractivity contribution is -0.142. The Morgan fingerprint density at radius 3 is 2.31 bits per heavy atom. The molecule has 0 bridgehead atoms. The fraction of sp³-hybridized carbons (Fsp3) is 0.381. The van der Waals surface area contributed by atoms with E-state index in [0.29, 0.717) is 5.69 Å². The van der Waals surface area contributed by atoms with Gasteiger partial charge in [0.15, 0.2) is 0 Å². The van der Waals surface area contributed by atoms with Crippen LogP contribution in [0, 0.1) is 5.92 Å². The minimum atomic E-state index is -1.17. The molecule has 6 N–H and O–H groups in total. The van der Waals surface area contributed by atoms with Gasteiger partial charge in [-0.2, -0.15) is 0 Å². The van der Waals surface area contributed by atoms with Crippen LogP contribution in [-0.2, 0) is 20.8 Å². The number of imidazole rings is 1. The molecular formula is C21H27N5O6. The highest BCUT2D eigenvalue weighted by Crippen LogP contribution is 2.09. The van der Waals surface area contributed by atoms with E-state index in [1.807, 2.05) is 13.8 Å². The number of phenolic OH excluding ortho intramolecular Hbond substituents is 1. The predicted octanol–water partition coefficient (Wildman–Crippen LogP) is 0.188. The molecule has 0 aliphatic heterocycles. The zero-order chi connectivity index (χ0) is 23.7. The molecule has 0 fully saturated rings. The summed E-state index contributed by atoms with van der Waals surface area (Å²) in [6.45, 7) is 3.27. The molecule has 0 spiro atoms. The van der Waals surface area contributed by atoms with E-state index in [1.165, 1.54) is 36.8 Å². The molecule has 172 valence electrons. The summed E-state index contributed by atoms with van der Waals surface area (Å²) in [5.41, 5.74) is 0.814. The van der Waals surface area contributed by atoms with Crippen molar-refractivity contribution < 1.29 is 29.4 Å². The van der Waals surface area contributed by atoms with E-state index < -0.39 is 42.3 Å². The zero-order valence-electron chi connectivity index (χ0n) is 17.8. The van der Waals surface area contributed by atoms with Gasteiger partial charge in [-0.15, -0.1) is 0 Å². The SMILES string of the molecule is CC(C)C[C@H](NC(=O)[C@@H](Cc1cnc[nH]1)NC(=O)CNC(=O)c1ccc(O)cc1)C(=O)O. The molecule has 1 heterocycles. The predicted molar refractivity (Wildman–Crippen MR) is 114 cm³/mol. The van der Waals surface area contributed by atoms with Crippen molar-refractivity contribution in [3.63, 3.8) is 0 Å². The molecule has 11 heteroatoms. The smallest absolute Gasteiger partial charge is 0.326 e. The van der Waals surface area contributed by atoms with E-state index in [0.717, 1.165) is 0 Å². The van der Waals surface area contributed by atoms with Gasteiger partial charge in [-0.1, -0.05) is 13.8 Å². The number of aromatic hydroxyl groups is 1. The number of carbonyl (C=O) groups excluding carboxylic acids is 3. The van der Waals surface area contributed by atoms with Crippen molar-refractivity contribution in [1.29, 1.82) is 0 Å². The van der Waals surface area contributed by atoms with E-state index in [4.69, 9.17) is 0 Å². The van der Waals surface area contributed by atoms with E-state index in [-0.39, 0.29) is 30.1 Å². The van der Waals surface area contributed by atoms with E-state index in [2.05, 4.69) is 25.9 Å². The Morgan fingerprint density at radius 1 is 1.06 bits per heavy atom. The summed E-state index contributed by atoms with van der Waals surface area (Å²) in [5, 5.41) is 26.1. The molecule has 0 aliphatic rings. The van der Waals surface area contributed by atoms with Crippen molar-refractivity contribution in [2.45, 2.75) is 38.8 Å². The topological polar surface area (TPSA) is 174 Å². The molecule has 3 amide bonds. The Bertz CT molecular complexity index is 927. The third kappa shape index (κ3) is 7.74. The average Bonchev–Trinajstić information content (AvgIpc) is 3.24. The van der Waals surface area contributed by atoms with Gasteiger partial charge >= 0.3 is 5.97 Å². The molecule has 1 aromatic carbocycles. The molecule has 0 saturated heterocycles. The summed E-state index contributed by atoms with van der Waals surface area (Å²) in [4.78, 5) is 55.5. The van der Waals surface area contributed by atoms with Crippen LogP contribution in [0.3, 0.4) is 0 Å². The normalized spacial score (nSPS) is 12.6. The Balaban J connectivity index is 2.01. The quantitative estimate of drug-likeness (QED) is 0.286. The molecule has 0 saturated carbocycles. The van der Waals surface area contributed by atoms with Crippen LogP contribution in [0.2, 0.25) is 0 Å². The van der Waals surface area contributed by atoms with Gasteiger partial charge in [-0.3, -0.25) is 14.4 Å². The minimum absolute atomic E-state index is 0.00378. The highest BCUT2D eigenvalue weighted by atomic mass is 16.4. The summed E-state index contributed by atoms with van der Waals surface area (Å²) in [6, 6.07) is 3.31. The van der Waals surface area contributed by atoms with E-state index in [9.17, 15) is 29.4 Å². The van der Waals surface area contributed by atoms with Crippen molar-refractivity contribution >= 4 is 23.7 Å². The number of aromatic nitrogens is 2. The van der Waals surface area contributed by atoms with Gasteiger partial charge in [0, 0.05) is 23.9 Å². The average molecular weight is 445 g/mol. The molecule has 11 nitrogen and oxygen atoms in total. The summed E-state index contributed by atoms with van der Waals surface area (Å²) < 4.78 is 0. The van der Waals surface area contributed by atoms with Crippen LogP contribution in [0.15, 0.2) is 36.8 Å². The lowest BCUT2D eigenvalue weighted by Crippen LogP contribution is -2.54. The van der Waals surface area contributed by atoms with Crippen LogP contribution in [0.1, 0.15) is 36.3 Å². The number of carboxylic acids is 1. The highest BCUT2D eigenvalue weighted by molar-refractivity contribution is 5.97. The van der Waals surface area contributed by atoms with Gasteiger partial charge in [0.05, 0.1) is 12.9 Å². The standard InChI is InChI=1S/C21H27N5O6/c1-12(2)7-17(21(31)32)26-20(30)16(8-14-9-22-11-24-14)25-18(28)10-23-19(29)13-3-5-15(27)6-4-13/h3-6,9,11-12,16-17,27H,7-8,10H2,1-2H3,(H,22,24)(H,23,29)(H,25,28)(H,26,30)(H,31,32)/t16-,17+/m1/s1. The Kier molecular flexibility index (Phi) is 8.75. The molecule has 1 aromatic heterocycles. The first-order chi connectivity index (χ1) is 15.2.